The van der Waals surface area contributed by atoms with Crippen molar-refractivity contribution in [3.8, 4) is 11.5 Å². The minimum absolute atomic E-state index is 0.0617. The molecular formula is C15H19F2NO3. The zero-order valence-electron chi connectivity index (χ0n) is 12.1. The molecule has 0 bridgehead atoms. The molecule has 1 fully saturated rings. The number of carbonyl (C=O) groups excluding carboxylic acids is 1. The Morgan fingerprint density at radius 3 is 2.33 bits per heavy atom. The first-order valence-electron chi connectivity index (χ1n) is 6.90. The second kappa shape index (κ2) is 6.74. The van der Waals surface area contributed by atoms with Crippen LogP contribution in [0.2, 0.25) is 0 Å². The van der Waals surface area contributed by atoms with Gasteiger partial charge in [-0.3, -0.25) is 4.79 Å². The van der Waals surface area contributed by atoms with Gasteiger partial charge in [-0.05, 0) is 44.0 Å². The third-order valence-electron chi connectivity index (χ3n) is 3.33. The number of ether oxygens (including phenoxy) is 2. The summed E-state index contributed by atoms with van der Waals surface area (Å²) in [5.41, 5.74) is 0. The number of methoxy groups -OCH3 is 1. The van der Waals surface area contributed by atoms with E-state index in [1.807, 2.05) is 0 Å². The van der Waals surface area contributed by atoms with Gasteiger partial charge < -0.3 is 14.4 Å². The predicted octanol–water partition coefficient (Wildman–Crippen LogP) is 2.72. The minimum atomic E-state index is -2.53. The number of alkyl halides is 2. The van der Waals surface area contributed by atoms with Gasteiger partial charge in [0.15, 0.2) is 6.10 Å². The third kappa shape index (κ3) is 4.31. The lowest BCUT2D eigenvalue weighted by molar-refractivity contribution is -0.140. The summed E-state index contributed by atoms with van der Waals surface area (Å²) in [4.78, 5) is 13.5. The predicted molar refractivity (Wildman–Crippen MR) is 73.8 cm³/mol. The van der Waals surface area contributed by atoms with Crippen LogP contribution >= 0.6 is 0 Å². The van der Waals surface area contributed by atoms with Gasteiger partial charge in [-0.15, -0.1) is 0 Å². The SMILES string of the molecule is COc1ccc(O[C@H](C)C(=O)N(CC(F)F)C2CC2)cc1. The quantitative estimate of drug-likeness (QED) is 0.777. The molecule has 116 valence electrons. The van der Waals surface area contributed by atoms with Gasteiger partial charge in [-0.2, -0.15) is 0 Å². The van der Waals surface area contributed by atoms with E-state index >= 15 is 0 Å². The summed E-state index contributed by atoms with van der Waals surface area (Å²) >= 11 is 0. The molecule has 21 heavy (non-hydrogen) atoms. The second-order valence-electron chi connectivity index (χ2n) is 5.05. The molecule has 0 radical (unpaired) electrons. The third-order valence-corrected chi connectivity index (χ3v) is 3.33. The van der Waals surface area contributed by atoms with E-state index in [4.69, 9.17) is 9.47 Å². The molecule has 0 saturated heterocycles. The molecule has 0 aliphatic heterocycles. The van der Waals surface area contributed by atoms with E-state index < -0.39 is 25.0 Å². The van der Waals surface area contributed by atoms with Crippen molar-refractivity contribution in [1.82, 2.24) is 4.90 Å². The molecule has 0 aromatic heterocycles. The fraction of sp³-hybridized carbons (Fsp3) is 0.533. The Labute approximate surface area is 122 Å². The molecular weight excluding hydrogens is 280 g/mol. The maximum absolute atomic E-state index is 12.6. The maximum Gasteiger partial charge on any atom is 0.263 e. The van der Waals surface area contributed by atoms with Crippen LogP contribution in [0.15, 0.2) is 24.3 Å². The largest absolute Gasteiger partial charge is 0.497 e. The molecule has 2 rings (SSSR count). The molecule has 1 aromatic carbocycles. The highest BCUT2D eigenvalue weighted by Gasteiger charge is 2.36. The van der Waals surface area contributed by atoms with E-state index in [1.165, 1.54) is 4.90 Å². The Hall–Kier alpha value is -1.85. The number of amides is 1. The summed E-state index contributed by atoms with van der Waals surface area (Å²) < 4.78 is 35.7. The van der Waals surface area contributed by atoms with E-state index in [-0.39, 0.29) is 6.04 Å². The summed E-state index contributed by atoms with van der Waals surface area (Å²) in [5, 5.41) is 0. The number of halogens is 2. The van der Waals surface area contributed by atoms with Crippen LogP contribution < -0.4 is 9.47 Å². The standard InChI is InChI=1S/C15H19F2NO3/c1-10(21-13-7-5-12(20-2)6-8-13)15(19)18(9-14(16)17)11-3-4-11/h5-8,10-11,14H,3-4,9H2,1-2H3/t10-/m1/s1. The van der Waals surface area contributed by atoms with Crippen LogP contribution in [-0.2, 0) is 4.79 Å². The van der Waals surface area contributed by atoms with Gasteiger partial charge in [-0.25, -0.2) is 8.78 Å². The zero-order chi connectivity index (χ0) is 15.4. The smallest absolute Gasteiger partial charge is 0.263 e. The lowest BCUT2D eigenvalue weighted by Gasteiger charge is -2.25. The lowest BCUT2D eigenvalue weighted by Crippen LogP contribution is -2.44. The maximum atomic E-state index is 12.6. The molecule has 1 aliphatic rings. The molecule has 0 spiro atoms. The van der Waals surface area contributed by atoms with E-state index in [0.717, 1.165) is 12.8 Å². The zero-order valence-corrected chi connectivity index (χ0v) is 12.1. The Balaban J connectivity index is 1.96. The number of hydrogen-bond acceptors (Lipinski definition) is 3. The highest BCUT2D eigenvalue weighted by Crippen LogP contribution is 2.28. The normalized spacial score (nSPS) is 15.7. The van der Waals surface area contributed by atoms with Crippen molar-refractivity contribution in [3.63, 3.8) is 0 Å². The van der Waals surface area contributed by atoms with Crippen molar-refractivity contribution in [2.45, 2.75) is 38.3 Å². The summed E-state index contributed by atoms with van der Waals surface area (Å²) in [7, 11) is 1.56. The molecule has 4 nitrogen and oxygen atoms in total. The van der Waals surface area contributed by atoms with Crippen LogP contribution in [0.1, 0.15) is 19.8 Å². The number of rotatable bonds is 7. The fourth-order valence-corrected chi connectivity index (χ4v) is 2.10. The van der Waals surface area contributed by atoms with Gasteiger partial charge in [0.05, 0.1) is 13.7 Å². The average Bonchev–Trinajstić information content (AvgIpc) is 3.29. The van der Waals surface area contributed by atoms with Gasteiger partial charge in [0.2, 0.25) is 0 Å². The molecule has 1 atom stereocenters. The topological polar surface area (TPSA) is 38.8 Å². The summed E-state index contributed by atoms with van der Waals surface area (Å²) in [6.07, 6.45) is -1.75. The molecule has 0 heterocycles. The number of carbonyl (C=O) groups is 1. The first kappa shape index (κ1) is 15.5. The van der Waals surface area contributed by atoms with E-state index in [9.17, 15) is 13.6 Å². The molecule has 1 aromatic rings. The summed E-state index contributed by atoms with van der Waals surface area (Å²) in [6, 6.07) is 6.72. The number of hydrogen-bond donors (Lipinski definition) is 0. The minimum Gasteiger partial charge on any atom is -0.497 e. The van der Waals surface area contributed by atoms with Crippen molar-refractivity contribution in [2.75, 3.05) is 13.7 Å². The Kier molecular flexibility index (Phi) is 4.98. The van der Waals surface area contributed by atoms with Gasteiger partial charge in [0.25, 0.3) is 12.3 Å². The Morgan fingerprint density at radius 1 is 1.29 bits per heavy atom. The van der Waals surface area contributed by atoms with Crippen LogP contribution in [0.25, 0.3) is 0 Å². The molecule has 1 aliphatic carbocycles. The van der Waals surface area contributed by atoms with Gasteiger partial charge in [-0.1, -0.05) is 0 Å². The van der Waals surface area contributed by atoms with Gasteiger partial charge >= 0.3 is 0 Å². The highest BCUT2D eigenvalue weighted by molar-refractivity contribution is 5.81. The van der Waals surface area contributed by atoms with Crippen molar-refractivity contribution < 1.29 is 23.0 Å². The van der Waals surface area contributed by atoms with Gasteiger partial charge in [0.1, 0.15) is 11.5 Å². The first-order chi connectivity index (χ1) is 10.0. The summed E-state index contributed by atoms with van der Waals surface area (Å²) in [5.74, 6) is 0.789. The van der Waals surface area contributed by atoms with E-state index in [1.54, 1.807) is 38.3 Å². The van der Waals surface area contributed by atoms with Gasteiger partial charge in [0, 0.05) is 6.04 Å². The van der Waals surface area contributed by atoms with Crippen molar-refractivity contribution in [3.05, 3.63) is 24.3 Å². The van der Waals surface area contributed by atoms with Crippen LogP contribution in [0.5, 0.6) is 11.5 Å². The van der Waals surface area contributed by atoms with Crippen LogP contribution in [0.4, 0.5) is 8.78 Å². The van der Waals surface area contributed by atoms with Crippen molar-refractivity contribution >= 4 is 5.91 Å². The molecule has 1 amide bonds. The summed E-state index contributed by atoms with van der Waals surface area (Å²) in [6.45, 7) is 1.05. The lowest BCUT2D eigenvalue weighted by atomic mass is 10.3. The number of nitrogens with zero attached hydrogens (tertiary/aromatic N) is 1. The van der Waals surface area contributed by atoms with Crippen molar-refractivity contribution in [2.24, 2.45) is 0 Å². The second-order valence-corrected chi connectivity index (χ2v) is 5.05. The molecule has 0 unspecified atom stereocenters. The average molecular weight is 299 g/mol. The molecule has 0 N–H and O–H groups in total. The first-order valence-corrected chi connectivity index (χ1v) is 6.90. The number of benzene rings is 1. The van der Waals surface area contributed by atoms with E-state index in [2.05, 4.69) is 0 Å². The van der Waals surface area contributed by atoms with E-state index in [0.29, 0.717) is 11.5 Å². The van der Waals surface area contributed by atoms with Crippen LogP contribution in [0, 0.1) is 0 Å². The van der Waals surface area contributed by atoms with Crippen LogP contribution in [-0.4, -0.2) is 43.0 Å². The Morgan fingerprint density at radius 2 is 1.86 bits per heavy atom. The Bertz CT molecular complexity index is 474. The molecule has 6 heteroatoms. The monoisotopic (exact) mass is 299 g/mol. The van der Waals surface area contributed by atoms with Crippen molar-refractivity contribution in [1.29, 1.82) is 0 Å². The van der Waals surface area contributed by atoms with Crippen LogP contribution in [0.3, 0.4) is 0 Å². The fourth-order valence-electron chi connectivity index (χ4n) is 2.10. The highest BCUT2D eigenvalue weighted by atomic mass is 19.3. The molecule has 1 saturated carbocycles.